The number of nitrogens with zero attached hydrogens (tertiary/aromatic N) is 5. The number of nitrogens with one attached hydrogen (secondary N) is 3. The molecule has 0 bridgehead atoms. The minimum Gasteiger partial charge on any atom is -0.453 e. The summed E-state index contributed by atoms with van der Waals surface area (Å²) >= 11 is 0. The number of benzene rings is 4. The fraction of sp³-hybridized carbons (Fsp3) is 0.347. The number of H-pyrrole nitrogens is 1. The number of methoxy groups -OCH3 is 2. The number of rotatable bonds is 11. The summed E-state index contributed by atoms with van der Waals surface area (Å²) in [7, 11) is 2.56. The van der Waals surface area contributed by atoms with Gasteiger partial charge in [0.2, 0.25) is 5.91 Å². The van der Waals surface area contributed by atoms with Crippen molar-refractivity contribution in [3.63, 3.8) is 0 Å². The maximum Gasteiger partial charge on any atom is 0.407 e. The van der Waals surface area contributed by atoms with E-state index in [1.807, 2.05) is 59.8 Å². The number of aromatic nitrogens is 4. The van der Waals surface area contributed by atoms with E-state index in [0.29, 0.717) is 37.6 Å². The first-order valence-corrected chi connectivity index (χ1v) is 21.9. The molecule has 3 aliphatic heterocycles. The molecule has 0 unspecified atom stereocenters. The Morgan fingerprint density at radius 1 is 0.785 bits per heavy atom. The van der Waals surface area contributed by atoms with Crippen molar-refractivity contribution in [3.8, 4) is 28.1 Å². The summed E-state index contributed by atoms with van der Waals surface area (Å²) in [5.74, 6) is -0.227. The van der Waals surface area contributed by atoms with Crippen LogP contribution in [0.2, 0.25) is 0 Å². The first-order valence-electron chi connectivity index (χ1n) is 21.9. The third kappa shape index (κ3) is 8.66. The van der Waals surface area contributed by atoms with Gasteiger partial charge in [0.15, 0.2) is 5.79 Å². The highest BCUT2D eigenvalue weighted by Crippen LogP contribution is 2.43. The fourth-order valence-electron chi connectivity index (χ4n) is 9.31. The molecule has 4 aromatic carbocycles. The zero-order valence-electron chi connectivity index (χ0n) is 36.7. The Morgan fingerprint density at radius 2 is 1.48 bits per heavy atom. The normalized spacial score (nSPS) is 18.8. The second-order valence-corrected chi connectivity index (χ2v) is 17.0. The molecule has 16 heteroatoms. The Balaban J connectivity index is 0.918. The first-order chi connectivity index (χ1) is 31.5. The topological polar surface area (TPSA) is 182 Å². The molecule has 4 amide bonds. The number of ether oxygens (including phenoxy) is 4. The van der Waals surface area contributed by atoms with Crippen molar-refractivity contribution in [3.05, 3.63) is 127 Å². The maximum absolute atomic E-state index is 14.4. The molecule has 0 radical (unpaired) electrons. The predicted molar refractivity (Wildman–Crippen MR) is 240 cm³/mol. The van der Waals surface area contributed by atoms with Crippen molar-refractivity contribution in [1.29, 1.82) is 0 Å². The lowest BCUT2D eigenvalue weighted by Crippen LogP contribution is -2.51. The zero-order chi connectivity index (χ0) is 45.2. The van der Waals surface area contributed by atoms with Crippen LogP contribution in [0.15, 0.2) is 110 Å². The lowest BCUT2D eigenvalue weighted by Gasteiger charge is -2.30. The SMILES string of the molecule is COC(=O)N[C@H](C(=O)N1CCC[C@H]1c1nccn1-c1ccc2cc(-c3ccc(-c4cnc([C@@H]5CC6(CN5C(=O)[C@H](NC(=O)OC)c5ccccc5)OCCO6)[nH]4)cc3)ccc2c1)C(C)C. The van der Waals surface area contributed by atoms with E-state index < -0.39 is 36.1 Å². The Hall–Kier alpha value is -7.04. The first kappa shape index (κ1) is 43.2. The quantitative estimate of drug-likeness (QED) is 0.120. The molecule has 9 rings (SSSR count). The lowest BCUT2D eigenvalue weighted by molar-refractivity contribution is -0.153. The standard InChI is InChI=1S/C49H52N8O8/c1-30(2)41(53-47(60)62-3)45(58)56-21-8-11-39(56)44-50-20-22-55(44)37-19-18-35-25-34(16-17-36(35)26-37)31-12-14-32(15-13-31)38-28-51-43(52-38)40-27-49(64-23-24-65-49)29-57(40)46(59)42(54-48(61)63-4)33-9-6-5-7-10-33/h5-7,9-10,12-20,22,25-26,28,30,39-42H,8,11,21,23-24,27,29H2,1-4H3,(H,51,52)(H,53,60)(H,54,61)/t39-,40-,41-,42+/m0/s1. The summed E-state index contributed by atoms with van der Waals surface area (Å²) in [4.78, 5) is 69.2. The molecular weight excluding hydrogens is 829 g/mol. The molecule has 5 heterocycles. The van der Waals surface area contributed by atoms with Crippen LogP contribution in [0.4, 0.5) is 9.59 Å². The number of fused-ring (bicyclic) bond motifs is 1. The molecule has 4 atom stereocenters. The van der Waals surface area contributed by atoms with Crippen LogP contribution in [-0.4, -0.2) is 106 Å². The number of likely N-dealkylation sites (tertiary alicyclic amines) is 2. The number of hydrogen-bond donors (Lipinski definition) is 3. The summed E-state index contributed by atoms with van der Waals surface area (Å²) in [5.41, 5.74) is 5.36. The highest BCUT2D eigenvalue weighted by Gasteiger charge is 2.52. The van der Waals surface area contributed by atoms with Crippen LogP contribution in [-0.2, 0) is 28.5 Å². The average molecular weight is 881 g/mol. The van der Waals surface area contributed by atoms with Crippen molar-refractivity contribution < 1.29 is 38.1 Å². The van der Waals surface area contributed by atoms with Gasteiger partial charge in [-0.3, -0.25) is 9.59 Å². The maximum atomic E-state index is 14.4. The third-order valence-electron chi connectivity index (χ3n) is 12.7. The highest BCUT2D eigenvalue weighted by atomic mass is 16.7. The molecule has 1 spiro atoms. The van der Waals surface area contributed by atoms with Crippen LogP contribution in [0, 0.1) is 5.92 Å². The smallest absolute Gasteiger partial charge is 0.407 e. The second kappa shape index (κ2) is 18.2. The number of carbonyl (C=O) groups excluding carboxylic acids is 4. The Morgan fingerprint density at radius 3 is 2.22 bits per heavy atom. The largest absolute Gasteiger partial charge is 0.453 e. The molecule has 6 aromatic rings. The number of alkyl carbamates (subject to hydrolysis) is 2. The van der Waals surface area contributed by atoms with E-state index in [1.54, 1.807) is 29.4 Å². The zero-order valence-corrected chi connectivity index (χ0v) is 36.7. The van der Waals surface area contributed by atoms with Gasteiger partial charge in [-0.05, 0) is 70.0 Å². The lowest BCUT2D eigenvalue weighted by atomic mass is 9.99. The van der Waals surface area contributed by atoms with E-state index >= 15 is 0 Å². The summed E-state index contributed by atoms with van der Waals surface area (Å²) in [6.07, 6.45) is 6.07. The van der Waals surface area contributed by atoms with E-state index in [0.717, 1.165) is 57.5 Å². The van der Waals surface area contributed by atoms with E-state index in [-0.39, 0.29) is 30.3 Å². The van der Waals surface area contributed by atoms with Crippen LogP contribution >= 0.6 is 0 Å². The van der Waals surface area contributed by atoms with Crippen LogP contribution < -0.4 is 10.6 Å². The van der Waals surface area contributed by atoms with Crippen LogP contribution in [0.5, 0.6) is 0 Å². The van der Waals surface area contributed by atoms with E-state index in [9.17, 15) is 19.2 Å². The molecule has 3 aliphatic rings. The van der Waals surface area contributed by atoms with Crippen molar-refractivity contribution in [2.75, 3.05) is 40.5 Å². The fourth-order valence-corrected chi connectivity index (χ4v) is 9.31. The molecule has 336 valence electrons. The summed E-state index contributed by atoms with van der Waals surface area (Å²) < 4.78 is 23.9. The summed E-state index contributed by atoms with van der Waals surface area (Å²) in [5, 5.41) is 7.56. The molecule has 0 saturated carbocycles. The molecule has 3 N–H and O–H groups in total. The van der Waals surface area contributed by atoms with Gasteiger partial charge in [-0.2, -0.15) is 0 Å². The third-order valence-corrected chi connectivity index (χ3v) is 12.7. The number of hydrogen-bond acceptors (Lipinski definition) is 10. The molecule has 65 heavy (non-hydrogen) atoms. The summed E-state index contributed by atoms with van der Waals surface area (Å²) in [6.45, 7) is 5.40. The average Bonchev–Trinajstić information content (AvgIpc) is 4.20. The van der Waals surface area contributed by atoms with Crippen LogP contribution in [0.3, 0.4) is 0 Å². The van der Waals surface area contributed by atoms with Gasteiger partial charge in [0.05, 0.1) is 58.0 Å². The van der Waals surface area contributed by atoms with E-state index in [2.05, 4.69) is 64.1 Å². The molecule has 3 saturated heterocycles. The van der Waals surface area contributed by atoms with Gasteiger partial charge in [0.1, 0.15) is 23.7 Å². The van der Waals surface area contributed by atoms with Gasteiger partial charge in [-0.1, -0.05) is 86.6 Å². The van der Waals surface area contributed by atoms with E-state index in [4.69, 9.17) is 28.9 Å². The van der Waals surface area contributed by atoms with E-state index in [1.165, 1.54) is 14.2 Å². The second-order valence-electron chi connectivity index (χ2n) is 17.0. The van der Waals surface area contributed by atoms with Gasteiger partial charge >= 0.3 is 12.2 Å². The van der Waals surface area contributed by atoms with Crippen molar-refractivity contribution in [2.45, 2.75) is 63.1 Å². The molecule has 0 aliphatic carbocycles. The highest BCUT2D eigenvalue weighted by molar-refractivity contribution is 5.90. The van der Waals surface area contributed by atoms with Crippen LogP contribution in [0.1, 0.15) is 68.4 Å². The number of aromatic amines is 1. The molecule has 16 nitrogen and oxygen atoms in total. The van der Waals surface area contributed by atoms with Gasteiger partial charge in [-0.25, -0.2) is 19.6 Å². The van der Waals surface area contributed by atoms with Crippen molar-refractivity contribution in [1.82, 2.24) is 40.0 Å². The molecular formula is C49H52N8O8. The number of amides is 4. The van der Waals surface area contributed by atoms with Gasteiger partial charge in [-0.15, -0.1) is 0 Å². The van der Waals surface area contributed by atoms with Gasteiger partial charge in [0, 0.05) is 31.0 Å². The Labute approximate surface area is 376 Å². The monoisotopic (exact) mass is 880 g/mol. The molecule has 2 aromatic heterocycles. The molecule has 3 fully saturated rings. The number of carbonyl (C=O) groups is 4. The van der Waals surface area contributed by atoms with Gasteiger partial charge < -0.3 is 48.9 Å². The predicted octanol–water partition coefficient (Wildman–Crippen LogP) is 7.24. The van der Waals surface area contributed by atoms with Gasteiger partial charge in [0.25, 0.3) is 5.91 Å². The minimum absolute atomic E-state index is 0.125. The summed E-state index contributed by atoms with van der Waals surface area (Å²) in [6, 6.07) is 27.5. The van der Waals surface area contributed by atoms with Crippen molar-refractivity contribution in [2.24, 2.45) is 5.92 Å². The Bertz CT molecular complexity index is 2690. The van der Waals surface area contributed by atoms with Crippen LogP contribution in [0.25, 0.3) is 38.8 Å². The number of imidazole rings is 2. The Kier molecular flexibility index (Phi) is 12.1. The minimum atomic E-state index is -0.999. The van der Waals surface area contributed by atoms with Crippen molar-refractivity contribution >= 4 is 34.8 Å².